The van der Waals surface area contributed by atoms with Gasteiger partial charge in [-0.05, 0) is 96.7 Å². The summed E-state index contributed by atoms with van der Waals surface area (Å²) in [5.41, 5.74) is 8.76. The van der Waals surface area contributed by atoms with Gasteiger partial charge in [-0.25, -0.2) is 0 Å². The molecule has 0 N–H and O–H groups in total. The van der Waals surface area contributed by atoms with Gasteiger partial charge in [0.05, 0.1) is 5.69 Å². The molecular formula is C52H39NO. The molecule has 0 radical (unpaired) electrons. The van der Waals surface area contributed by atoms with Crippen molar-refractivity contribution in [3.63, 3.8) is 0 Å². The fraction of sp³-hybridized carbons (Fsp3) is 0.0769. The van der Waals surface area contributed by atoms with Crippen LogP contribution in [0.4, 0.5) is 17.1 Å². The molecule has 0 unspecified atom stereocenters. The summed E-state index contributed by atoms with van der Waals surface area (Å²) in [7, 11) is 0. The monoisotopic (exact) mass is 693 g/mol. The van der Waals surface area contributed by atoms with Crippen molar-refractivity contribution in [2.75, 3.05) is 4.90 Å². The fourth-order valence-electron chi connectivity index (χ4n) is 8.42. The number of anilines is 3. The molecule has 10 aromatic rings. The van der Waals surface area contributed by atoms with Crippen molar-refractivity contribution in [3.8, 4) is 22.5 Å². The third kappa shape index (κ3) is 5.33. The van der Waals surface area contributed by atoms with Gasteiger partial charge < -0.3 is 9.32 Å². The van der Waals surface area contributed by atoms with Crippen LogP contribution in [0, 0.1) is 0 Å². The molecule has 258 valence electrons. The Bertz CT molecular complexity index is 3030. The summed E-state index contributed by atoms with van der Waals surface area (Å²) < 4.78 is 6.69. The molecule has 9 aromatic carbocycles. The molecule has 0 aliphatic heterocycles. The molecule has 0 saturated carbocycles. The minimum absolute atomic E-state index is 0.113. The van der Waals surface area contributed by atoms with Crippen LogP contribution in [0.2, 0.25) is 0 Å². The lowest BCUT2D eigenvalue weighted by Crippen LogP contribution is -2.12. The molecule has 2 heteroatoms. The average Bonchev–Trinajstić information content (AvgIpc) is 3.62. The number of nitrogens with zero attached hydrogens (tertiary/aromatic N) is 1. The minimum Gasteiger partial charge on any atom is -0.456 e. The lowest BCUT2D eigenvalue weighted by molar-refractivity contribution is 0.568. The lowest BCUT2D eigenvalue weighted by atomic mass is 9.83. The number of fused-ring (bicyclic) bond motifs is 7. The van der Waals surface area contributed by atoms with Crippen LogP contribution in [-0.4, -0.2) is 0 Å². The zero-order chi connectivity index (χ0) is 36.4. The quantitative estimate of drug-likeness (QED) is 0.167. The normalized spacial score (nSPS) is 12.0. The van der Waals surface area contributed by atoms with Crippen molar-refractivity contribution in [3.05, 3.63) is 188 Å². The smallest absolute Gasteiger partial charge is 0.139 e. The predicted molar refractivity (Wildman–Crippen MR) is 230 cm³/mol. The maximum atomic E-state index is 6.69. The van der Waals surface area contributed by atoms with Gasteiger partial charge in [-0.3, -0.25) is 0 Å². The van der Waals surface area contributed by atoms with Gasteiger partial charge in [0.25, 0.3) is 0 Å². The van der Waals surface area contributed by atoms with Crippen molar-refractivity contribution in [2.24, 2.45) is 0 Å². The van der Waals surface area contributed by atoms with E-state index in [4.69, 9.17) is 4.42 Å². The summed E-state index contributed by atoms with van der Waals surface area (Å²) in [5.74, 6) is 0.924. The molecule has 0 atom stereocenters. The molecule has 1 heterocycles. The molecule has 0 spiro atoms. The summed E-state index contributed by atoms with van der Waals surface area (Å²) in [4.78, 5) is 2.41. The highest BCUT2D eigenvalue weighted by atomic mass is 16.3. The zero-order valence-corrected chi connectivity index (χ0v) is 30.7. The average molecular weight is 694 g/mol. The third-order valence-corrected chi connectivity index (χ3v) is 10.9. The Balaban J connectivity index is 1.15. The van der Waals surface area contributed by atoms with Crippen LogP contribution in [0.5, 0.6) is 0 Å². The molecule has 1 aromatic heterocycles. The van der Waals surface area contributed by atoms with Gasteiger partial charge in [-0.15, -0.1) is 0 Å². The Morgan fingerprint density at radius 1 is 0.389 bits per heavy atom. The van der Waals surface area contributed by atoms with Crippen molar-refractivity contribution in [1.29, 1.82) is 0 Å². The van der Waals surface area contributed by atoms with E-state index in [0.29, 0.717) is 0 Å². The first-order valence-electron chi connectivity index (χ1n) is 18.8. The molecule has 10 rings (SSSR count). The van der Waals surface area contributed by atoms with E-state index in [1.165, 1.54) is 65.2 Å². The molecule has 54 heavy (non-hydrogen) atoms. The largest absolute Gasteiger partial charge is 0.456 e. The van der Waals surface area contributed by atoms with Crippen LogP contribution < -0.4 is 4.90 Å². The van der Waals surface area contributed by atoms with E-state index in [1.807, 2.05) is 0 Å². The van der Waals surface area contributed by atoms with Crippen LogP contribution in [0.3, 0.4) is 0 Å². The summed E-state index contributed by atoms with van der Waals surface area (Å²) in [6, 6.07) is 66.0. The Morgan fingerprint density at radius 2 is 0.981 bits per heavy atom. The van der Waals surface area contributed by atoms with E-state index in [2.05, 4.69) is 208 Å². The molecule has 0 bridgehead atoms. The van der Waals surface area contributed by atoms with E-state index in [1.54, 1.807) is 0 Å². The van der Waals surface area contributed by atoms with Gasteiger partial charge in [-0.2, -0.15) is 0 Å². The van der Waals surface area contributed by atoms with Gasteiger partial charge >= 0.3 is 0 Å². The molecule has 0 saturated heterocycles. The highest BCUT2D eigenvalue weighted by Gasteiger charge is 2.27. The molecule has 0 aliphatic carbocycles. The van der Waals surface area contributed by atoms with Crippen molar-refractivity contribution < 1.29 is 4.42 Å². The van der Waals surface area contributed by atoms with Crippen molar-refractivity contribution in [2.45, 2.75) is 26.2 Å². The Morgan fingerprint density at radius 3 is 1.76 bits per heavy atom. The number of furan rings is 1. The van der Waals surface area contributed by atoms with Crippen LogP contribution >= 0.6 is 0 Å². The second-order valence-corrected chi connectivity index (χ2v) is 15.4. The molecule has 2 nitrogen and oxygen atoms in total. The molecular weight excluding hydrogens is 655 g/mol. The predicted octanol–water partition coefficient (Wildman–Crippen LogP) is 15.1. The summed E-state index contributed by atoms with van der Waals surface area (Å²) in [5, 5.41) is 11.1. The maximum Gasteiger partial charge on any atom is 0.139 e. The van der Waals surface area contributed by atoms with Crippen LogP contribution in [0.15, 0.2) is 186 Å². The number of hydrogen-bond acceptors (Lipinski definition) is 2. The molecule has 0 amide bonds. The fourth-order valence-corrected chi connectivity index (χ4v) is 8.42. The number of rotatable bonds is 5. The van der Waals surface area contributed by atoms with Crippen LogP contribution in [0.25, 0.3) is 76.5 Å². The van der Waals surface area contributed by atoms with E-state index >= 15 is 0 Å². The van der Waals surface area contributed by atoms with Crippen molar-refractivity contribution >= 4 is 71.1 Å². The summed E-state index contributed by atoms with van der Waals surface area (Å²) in [6.07, 6.45) is 0. The maximum absolute atomic E-state index is 6.69. The van der Waals surface area contributed by atoms with Crippen molar-refractivity contribution in [1.82, 2.24) is 0 Å². The third-order valence-electron chi connectivity index (χ3n) is 10.9. The van der Waals surface area contributed by atoms with Gasteiger partial charge in [0, 0.05) is 33.3 Å². The highest BCUT2D eigenvalue weighted by Crippen LogP contribution is 2.46. The lowest BCUT2D eigenvalue weighted by Gasteiger charge is -2.28. The number of para-hydroxylation sites is 1. The van der Waals surface area contributed by atoms with Gasteiger partial charge in [-0.1, -0.05) is 160 Å². The Hall–Kier alpha value is -6.64. The molecule has 0 fully saturated rings. The van der Waals surface area contributed by atoms with Crippen LogP contribution in [0.1, 0.15) is 26.3 Å². The standard InChI is InChI=1S/C52H39NO/c1-52(2,3)50-47-21-10-11-22-49(47)54-51(50)39-15-12-16-41(32-39)53(48-33-37-14-5-7-18-43(37)45-19-8-9-20-46(45)48)40-28-25-34(26-29-40)36-27-30-44-38(31-36)24-23-35-13-4-6-17-42(35)44/h4-33H,1-3H3. The second-order valence-electron chi connectivity index (χ2n) is 15.4. The first kappa shape index (κ1) is 32.0. The second kappa shape index (κ2) is 12.5. The van der Waals surface area contributed by atoms with E-state index in [9.17, 15) is 0 Å². The Kier molecular flexibility index (Phi) is 7.42. The summed E-state index contributed by atoms with van der Waals surface area (Å²) in [6.45, 7) is 6.80. The van der Waals surface area contributed by atoms with Crippen LogP contribution in [-0.2, 0) is 5.41 Å². The number of benzene rings is 9. The topological polar surface area (TPSA) is 16.4 Å². The SMILES string of the molecule is CC(C)(C)c1c(-c2cccc(N(c3ccc(-c4ccc5c(ccc6ccccc65)c4)cc3)c3cc4ccccc4c4ccccc34)c2)oc2ccccc12. The summed E-state index contributed by atoms with van der Waals surface area (Å²) >= 11 is 0. The molecule has 0 aliphatic rings. The van der Waals surface area contributed by atoms with E-state index in [-0.39, 0.29) is 5.41 Å². The first-order chi connectivity index (χ1) is 26.4. The number of hydrogen-bond donors (Lipinski definition) is 0. The van der Waals surface area contributed by atoms with E-state index < -0.39 is 0 Å². The van der Waals surface area contributed by atoms with Gasteiger partial charge in [0.2, 0.25) is 0 Å². The van der Waals surface area contributed by atoms with E-state index in [0.717, 1.165) is 34.0 Å². The zero-order valence-electron chi connectivity index (χ0n) is 30.7. The van der Waals surface area contributed by atoms with Gasteiger partial charge in [0.1, 0.15) is 11.3 Å². The minimum atomic E-state index is -0.113. The van der Waals surface area contributed by atoms with Gasteiger partial charge in [0.15, 0.2) is 0 Å². The highest BCUT2D eigenvalue weighted by molar-refractivity contribution is 6.15. The Labute approximate surface area is 315 Å². The first-order valence-corrected chi connectivity index (χ1v) is 18.8.